The number of rotatable bonds is 7. The van der Waals surface area contributed by atoms with Crippen molar-refractivity contribution in [3.05, 3.63) is 35.5 Å². The van der Waals surface area contributed by atoms with Crippen LogP contribution in [0, 0.1) is 23.7 Å². The first-order chi connectivity index (χ1) is 17.1. The Morgan fingerprint density at radius 2 is 1.97 bits per heavy atom. The number of aliphatic hydroxyl groups excluding tert-OH is 1. The summed E-state index contributed by atoms with van der Waals surface area (Å²) in [6, 6.07) is -0.110. The molecule has 0 radical (unpaired) electrons. The lowest BCUT2D eigenvalue weighted by Gasteiger charge is -2.42. The molecule has 5 rings (SSSR count). The molecule has 1 saturated carbocycles. The summed E-state index contributed by atoms with van der Waals surface area (Å²) in [4.78, 5) is 13.5. The van der Waals surface area contributed by atoms with E-state index in [-0.39, 0.29) is 42.2 Å². The number of nitrogens with one attached hydrogen (secondary N) is 1. The van der Waals surface area contributed by atoms with Crippen LogP contribution in [0.5, 0.6) is 0 Å². The maximum atomic E-state index is 14.7. The lowest BCUT2D eigenvalue weighted by Crippen LogP contribution is -2.55. The molecule has 9 heteroatoms. The summed E-state index contributed by atoms with van der Waals surface area (Å²) in [5.41, 5.74) is 0.281. The molecule has 5 nitrogen and oxygen atoms in total. The summed E-state index contributed by atoms with van der Waals surface area (Å²) in [5.74, 6) is -1.37. The second-order valence-electron chi connectivity index (χ2n) is 11.5. The van der Waals surface area contributed by atoms with Crippen molar-refractivity contribution in [2.75, 3.05) is 13.1 Å². The molecule has 7 atom stereocenters. The Kier molecular flexibility index (Phi) is 7.11. The Bertz CT molecular complexity index is 942. The molecule has 36 heavy (non-hydrogen) atoms. The Morgan fingerprint density at radius 3 is 2.56 bits per heavy atom. The Labute approximate surface area is 209 Å². The fourth-order valence-electron chi connectivity index (χ4n) is 7.01. The van der Waals surface area contributed by atoms with Crippen LogP contribution in [0.4, 0.5) is 17.6 Å². The zero-order valence-electron chi connectivity index (χ0n) is 20.4. The van der Waals surface area contributed by atoms with Gasteiger partial charge in [0.25, 0.3) is 0 Å². The fourth-order valence-corrected chi connectivity index (χ4v) is 7.01. The molecule has 5 aliphatic rings. The molecule has 200 valence electrons. The van der Waals surface area contributed by atoms with Gasteiger partial charge < -0.3 is 10.2 Å². The first-order valence-corrected chi connectivity index (χ1v) is 13.3. The monoisotopic (exact) mass is 512 g/mol. The third-order valence-corrected chi connectivity index (χ3v) is 9.16. The lowest BCUT2D eigenvalue weighted by molar-refractivity contribution is -0.140. The number of fused-ring (bicyclic) bond motifs is 1. The van der Waals surface area contributed by atoms with E-state index < -0.39 is 36.0 Å². The number of hydrogen-bond donors (Lipinski definition) is 3. The van der Waals surface area contributed by atoms with Gasteiger partial charge in [-0.15, -0.1) is 0 Å². The average molecular weight is 513 g/mol. The molecule has 7 unspecified atom stereocenters. The van der Waals surface area contributed by atoms with Gasteiger partial charge in [0.1, 0.15) is 12.4 Å². The Morgan fingerprint density at radius 1 is 1.19 bits per heavy atom. The summed E-state index contributed by atoms with van der Waals surface area (Å²) >= 11 is 0. The second kappa shape index (κ2) is 9.87. The number of nitrogens with zero attached hydrogens (tertiary/aromatic N) is 1. The molecule has 0 bridgehead atoms. The molecule has 4 aliphatic carbocycles. The van der Waals surface area contributed by atoms with E-state index in [1.54, 1.807) is 12.2 Å². The van der Waals surface area contributed by atoms with Crippen molar-refractivity contribution in [3.63, 3.8) is 0 Å². The van der Waals surface area contributed by atoms with Crippen LogP contribution in [0.3, 0.4) is 0 Å². The largest absolute Gasteiger partial charge is 0.481 e. The Hall–Kier alpha value is -1.71. The van der Waals surface area contributed by atoms with Crippen molar-refractivity contribution in [1.82, 2.24) is 10.2 Å². The van der Waals surface area contributed by atoms with Gasteiger partial charge in [-0.3, -0.25) is 15.0 Å². The van der Waals surface area contributed by atoms with Gasteiger partial charge in [0.15, 0.2) is 0 Å². The van der Waals surface area contributed by atoms with Crippen molar-refractivity contribution in [2.45, 2.75) is 87.9 Å². The van der Waals surface area contributed by atoms with Crippen LogP contribution in [-0.4, -0.2) is 64.3 Å². The van der Waals surface area contributed by atoms with Gasteiger partial charge >= 0.3 is 12.1 Å². The van der Waals surface area contributed by atoms with Crippen LogP contribution in [0.2, 0.25) is 0 Å². The van der Waals surface area contributed by atoms with Crippen molar-refractivity contribution >= 4 is 5.97 Å². The minimum atomic E-state index is -4.25. The van der Waals surface area contributed by atoms with Gasteiger partial charge in [0.05, 0.1) is 5.92 Å². The van der Waals surface area contributed by atoms with Gasteiger partial charge in [0.2, 0.25) is 0 Å². The van der Waals surface area contributed by atoms with Crippen molar-refractivity contribution < 1.29 is 32.6 Å². The van der Waals surface area contributed by atoms with Crippen molar-refractivity contribution in [3.8, 4) is 0 Å². The van der Waals surface area contributed by atoms with Gasteiger partial charge in [-0.05, 0) is 75.7 Å². The summed E-state index contributed by atoms with van der Waals surface area (Å²) in [6.45, 7) is 1.38. The molecule has 0 aromatic heterocycles. The van der Waals surface area contributed by atoms with E-state index in [2.05, 4.69) is 10.2 Å². The number of hydrogen-bond acceptors (Lipinski definition) is 4. The number of aliphatic carboxylic acids is 1. The highest BCUT2D eigenvalue weighted by atomic mass is 19.4. The Balaban J connectivity index is 1.25. The third-order valence-electron chi connectivity index (χ3n) is 9.16. The van der Waals surface area contributed by atoms with E-state index in [0.717, 1.165) is 37.8 Å². The number of alkyl halides is 4. The summed E-state index contributed by atoms with van der Waals surface area (Å²) < 4.78 is 53.7. The van der Waals surface area contributed by atoms with Crippen LogP contribution in [-0.2, 0) is 4.79 Å². The minimum absolute atomic E-state index is 0.0374. The SMILES string of the molecule is O=C(O)C1C=CC(C2(NC(O)C3CC(F)C=C4CCN(CC5CC=C(C(F)(F)F)CC5)C43)CC2)CC1. The molecule has 3 N–H and O–H groups in total. The lowest BCUT2D eigenvalue weighted by atomic mass is 9.79. The predicted molar refractivity (Wildman–Crippen MR) is 127 cm³/mol. The second-order valence-corrected chi connectivity index (χ2v) is 11.5. The first-order valence-electron chi connectivity index (χ1n) is 13.3. The molecule has 0 amide bonds. The van der Waals surface area contributed by atoms with Crippen molar-refractivity contribution in [2.24, 2.45) is 23.7 Å². The van der Waals surface area contributed by atoms with Crippen LogP contribution in [0.25, 0.3) is 0 Å². The molecule has 2 fully saturated rings. The van der Waals surface area contributed by atoms with Gasteiger partial charge in [-0.1, -0.05) is 23.8 Å². The number of halogens is 4. The van der Waals surface area contributed by atoms with E-state index in [4.69, 9.17) is 0 Å². The summed E-state index contributed by atoms with van der Waals surface area (Å²) in [5, 5.41) is 24.0. The van der Waals surface area contributed by atoms with Gasteiger partial charge in [0, 0.05) is 36.2 Å². The average Bonchev–Trinajstić information content (AvgIpc) is 3.51. The molecule has 1 heterocycles. The zero-order chi connectivity index (χ0) is 25.7. The van der Waals surface area contributed by atoms with Gasteiger partial charge in [-0.25, -0.2) is 4.39 Å². The maximum absolute atomic E-state index is 14.7. The number of likely N-dealkylation sites (tertiary alicyclic amines) is 1. The maximum Gasteiger partial charge on any atom is 0.412 e. The van der Waals surface area contributed by atoms with Crippen LogP contribution < -0.4 is 5.32 Å². The smallest absolute Gasteiger partial charge is 0.412 e. The normalized spacial score (nSPS) is 37.1. The van der Waals surface area contributed by atoms with E-state index in [9.17, 15) is 32.6 Å². The number of carboxylic acids is 1. The molecular formula is C27H36F4N2O3. The molecule has 0 spiro atoms. The molecular weight excluding hydrogens is 476 g/mol. The van der Waals surface area contributed by atoms with E-state index >= 15 is 0 Å². The van der Waals surface area contributed by atoms with Crippen molar-refractivity contribution in [1.29, 1.82) is 0 Å². The number of allylic oxidation sites excluding steroid dienone is 3. The van der Waals surface area contributed by atoms with Crippen LogP contribution in [0.15, 0.2) is 35.5 Å². The molecule has 0 aromatic carbocycles. The molecule has 1 aliphatic heterocycles. The third kappa shape index (κ3) is 5.29. The number of carbonyl (C=O) groups is 1. The van der Waals surface area contributed by atoms with Gasteiger partial charge in [-0.2, -0.15) is 13.2 Å². The van der Waals surface area contributed by atoms with E-state index in [1.807, 2.05) is 6.08 Å². The highest BCUT2D eigenvalue weighted by Crippen LogP contribution is 2.49. The quantitative estimate of drug-likeness (QED) is 0.261. The topological polar surface area (TPSA) is 72.8 Å². The van der Waals surface area contributed by atoms with E-state index in [1.165, 1.54) is 6.08 Å². The zero-order valence-corrected chi connectivity index (χ0v) is 20.4. The fraction of sp³-hybridized carbons (Fsp3) is 0.741. The first kappa shape index (κ1) is 25.9. The molecule has 1 saturated heterocycles. The molecule has 0 aromatic rings. The highest BCUT2D eigenvalue weighted by Gasteiger charge is 2.52. The van der Waals surface area contributed by atoms with E-state index in [0.29, 0.717) is 25.8 Å². The van der Waals surface area contributed by atoms with Crippen LogP contribution in [0.1, 0.15) is 57.8 Å². The minimum Gasteiger partial charge on any atom is -0.481 e. The summed E-state index contributed by atoms with van der Waals surface area (Å²) in [7, 11) is 0. The predicted octanol–water partition coefficient (Wildman–Crippen LogP) is 4.74. The summed E-state index contributed by atoms with van der Waals surface area (Å²) in [6.07, 6.45) is 5.36. The standard InChI is InChI=1S/C27H36F4N2O3/c28-21-13-18-9-12-33(15-16-1-5-20(6-2-16)27(29,30)31)23(18)22(14-21)24(34)32-26(10-11-26)19-7-3-17(4-8-19)25(35)36/h3,5,7,13,16-17,19,21-24,32,34H,1-2,4,6,8-12,14-15H2,(H,35,36). The highest BCUT2D eigenvalue weighted by molar-refractivity contribution is 5.72. The van der Waals surface area contributed by atoms with Crippen LogP contribution >= 0.6 is 0 Å². The number of aliphatic hydroxyl groups is 1. The number of carboxylic acid groups (broad SMARTS) is 1.